The molecule has 2 aromatic heterocycles. The fourth-order valence-electron chi connectivity index (χ4n) is 2.59. The first-order chi connectivity index (χ1) is 12.6. The highest BCUT2D eigenvalue weighted by atomic mass is 32.2. The Morgan fingerprint density at radius 3 is 2.85 bits per heavy atom. The molecule has 0 aliphatic carbocycles. The first-order valence-electron chi connectivity index (χ1n) is 7.79. The summed E-state index contributed by atoms with van der Waals surface area (Å²) in [5, 5.41) is 10.7. The van der Waals surface area contributed by atoms with Crippen LogP contribution in [0.3, 0.4) is 0 Å². The minimum atomic E-state index is -0.438. The van der Waals surface area contributed by atoms with E-state index in [1.54, 1.807) is 23.9 Å². The Balaban J connectivity index is 1.53. The van der Waals surface area contributed by atoms with Gasteiger partial charge >= 0.3 is 0 Å². The molecule has 0 atom stereocenters. The number of halogens is 1. The smallest absolute Gasteiger partial charge is 0.267 e. The lowest BCUT2D eigenvalue weighted by Crippen LogP contribution is -2.29. The van der Waals surface area contributed by atoms with Gasteiger partial charge in [0.1, 0.15) is 12.4 Å². The Bertz CT molecular complexity index is 1030. The number of fused-ring (bicyclic) bond motifs is 1. The second-order valence-electron chi connectivity index (χ2n) is 5.70. The van der Waals surface area contributed by atoms with Gasteiger partial charge in [-0.1, -0.05) is 5.16 Å². The minimum absolute atomic E-state index is 0.267. The Hall–Kier alpha value is -2.94. The van der Waals surface area contributed by atoms with Gasteiger partial charge in [-0.3, -0.25) is 14.9 Å². The van der Waals surface area contributed by atoms with E-state index in [4.69, 9.17) is 4.52 Å². The molecule has 0 saturated carbocycles. The quantitative estimate of drug-likeness (QED) is 0.756. The van der Waals surface area contributed by atoms with E-state index in [0.29, 0.717) is 17.1 Å². The van der Waals surface area contributed by atoms with E-state index >= 15 is 0 Å². The van der Waals surface area contributed by atoms with Crippen LogP contribution in [-0.4, -0.2) is 20.8 Å². The number of aromatic nitrogens is 3. The number of anilines is 1. The van der Waals surface area contributed by atoms with Gasteiger partial charge < -0.3 is 4.52 Å². The van der Waals surface area contributed by atoms with E-state index in [-0.39, 0.29) is 12.4 Å². The van der Waals surface area contributed by atoms with Crippen molar-refractivity contribution in [1.82, 2.24) is 14.9 Å². The summed E-state index contributed by atoms with van der Waals surface area (Å²) in [6.45, 7) is -0.267. The highest BCUT2D eigenvalue weighted by molar-refractivity contribution is 7.98. The van der Waals surface area contributed by atoms with Crippen LogP contribution in [0.15, 0.2) is 45.7 Å². The van der Waals surface area contributed by atoms with Gasteiger partial charge in [0.25, 0.3) is 5.56 Å². The molecular formula is C17H13FN4O3S. The molecule has 0 spiro atoms. The number of carbonyl (C=O) groups is 1. The normalized spacial score (nSPS) is 12.8. The van der Waals surface area contributed by atoms with E-state index in [0.717, 1.165) is 27.4 Å². The average molecular weight is 372 g/mol. The molecule has 3 aromatic rings. The predicted octanol–water partition coefficient (Wildman–Crippen LogP) is 2.42. The summed E-state index contributed by atoms with van der Waals surface area (Å²) in [5.41, 5.74) is 2.41. The third kappa shape index (κ3) is 3.25. The largest absolute Gasteiger partial charge is 0.338 e. The summed E-state index contributed by atoms with van der Waals surface area (Å²) < 4.78 is 19.2. The van der Waals surface area contributed by atoms with Crippen molar-refractivity contribution in [3.05, 3.63) is 63.8 Å². The molecule has 1 N–H and O–H groups in total. The third-order valence-electron chi connectivity index (χ3n) is 3.91. The molecule has 3 heterocycles. The molecule has 0 fully saturated rings. The van der Waals surface area contributed by atoms with Crippen LogP contribution in [0, 0.1) is 5.82 Å². The van der Waals surface area contributed by atoms with Crippen molar-refractivity contribution in [2.24, 2.45) is 0 Å². The topological polar surface area (TPSA) is 90.0 Å². The summed E-state index contributed by atoms with van der Waals surface area (Å²) in [5.74, 6) is 1.01. The molecule has 1 aliphatic heterocycles. The zero-order valence-electron chi connectivity index (χ0n) is 13.4. The second kappa shape index (κ2) is 6.75. The van der Waals surface area contributed by atoms with Crippen LogP contribution in [0.2, 0.25) is 0 Å². The van der Waals surface area contributed by atoms with Gasteiger partial charge in [-0.05, 0) is 30.3 Å². The van der Waals surface area contributed by atoms with E-state index in [9.17, 15) is 14.0 Å². The number of nitrogens with zero attached hydrogens (tertiary/aromatic N) is 3. The highest BCUT2D eigenvalue weighted by Crippen LogP contribution is 2.34. The van der Waals surface area contributed by atoms with E-state index in [1.807, 2.05) is 0 Å². The maximum atomic E-state index is 13.0. The maximum Gasteiger partial charge on any atom is 0.267 e. The number of thioether (sulfide) groups is 1. The van der Waals surface area contributed by atoms with Crippen LogP contribution in [0.25, 0.3) is 11.3 Å². The number of carbonyl (C=O) groups excluding carboxylic acids is 1. The summed E-state index contributed by atoms with van der Waals surface area (Å²) in [7, 11) is 0. The van der Waals surface area contributed by atoms with E-state index in [2.05, 4.69) is 15.6 Å². The fraction of sp³-hybridized carbons (Fsp3) is 0.176. The van der Waals surface area contributed by atoms with Gasteiger partial charge in [0.2, 0.25) is 11.8 Å². The molecule has 0 unspecified atom stereocenters. The Kier molecular flexibility index (Phi) is 4.29. The van der Waals surface area contributed by atoms with Crippen molar-refractivity contribution < 1.29 is 13.7 Å². The van der Waals surface area contributed by atoms with Crippen molar-refractivity contribution in [3.63, 3.8) is 0 Å². The summed E-state index contributed by atoms with van der Waals surface area (Å²) in [6.07, 6.45) is 0. The van der Waals surface area contributed by atoms with Crippen LogP contribution >= 0.6 is 11.8 Å². The van der Waals surface area contributed by atoms with Crippen molar-refractivity contribution in [2.75, 3.05) is 5.32 Å². The third-order valence-corrected chi connectivity index (χ3v) is 4.88. The van der Waals surface area contributed by atoms with Crippen LogP contribution in [0.1, 0.15) is 11.3 Å². The fourth-order valence-corrected chi connectivity index (χ4v) is 3.62. The molecule has 7 nitrogen and oxygen atoms in total. The number of nitrogens with one attached hydrogen (secondary N) is 1. The van der Waals surface area contributed by atoms with Crippen molar-refractivity contribution in [2.45, 2.75) is 18.1 Å². The zero-order valence-corrected chi connectivity index (χ0v) is 14.3. The number of benzene rings is 1. The summed E-state index contributed by atoms with van der Waals surface area (Å²) >= 11 is 1.69. The molecule has 0 saturated heterocycles. The highest BCUT2D eigenvalue weighted by Gasteiger charge is 2.23. The average Bonchev–Trinajstić information content (AvgIpc) is 3.23. The first-order valence-corrected chi connectivity index (χ1v) is 8.95. The van der Waals surface area contributed by atoms with Gasteiger partial charge in [0, 0.05) is 23.1 Å². The minimum Gasteiger partial charge on any atom is -0.338 e. The summed E-state index contributed by atoms with van der Waals surface area (Å²) in [4.78, 5) is 24.3. The molecule has 0 radical (unpaired) electrons. The lowest BCUT2D eigenvalue weighted by molar-refractivity contribution is -0.117. The Morgan fingerprint density at radius 2 is 2.04 bits per heavy atom. The molecule has 4 rings (SSSR count). The molecule has 9 heteroatoms. The van der Waals surface area contributed by atoms with Gasteiger partial charge in [0.05, 0.1) is 17.0 Å². The zero-order chi connectivity index (χ0) is 18.1. The number of hydrogen-bond acceptors (Lipinski definition) is 6. The molecule has 1 aliphatic rings. The molecule has 0 bridgehead atoms. The van der Waals surface area contributed by atoms with Crippen LogP contribution in [0.4, 0.5) is 10.3 Å². The Labute approximate surface area is 151 Å². The van der Waals surface area contributed by atoms with Crippen molar-refractivity contribution in [1.29, 1.82) is 0 Å². The number of rotatable bonds is 4. The Morgan fingerprint density at radius 1 is 1.23 bits per heavy atom. The molecule has 26 heavy (non-hydrogen) atoms. The van der Waals surface area contributed by atoms with Gasteiger partial charge in [-0.15, -0.1) is 0 Å². The SMILES string of the molecule is O=C(Cn1nc(-c2ccc(F)cc2)ccc1=O)Nc1onc2c1CSC2. The maximum absolute atomic E-state index is 13.0. The van der Waals surface area contributed by atoms with Gasteiger partial charge in [-0.25, -0.2) is 9.07 Å². The number of amides is 1. The first kappa shape index (κ1) is 16.5. The lowest BCUT2D eigenvalue weighted by atomic mass is 10.1. The van der Waals surface area contributed by atoms with Gasteiger partial charge in [-0.2, -0.15) is 16.9 Å². The van der Waals surface area contributed by atoms with Crippen molar-refractivity contribution in [3.8, 4) is 11.3 Å². The van der Waals surface area contributed by atoms with Crippen LogP contribution in [-0.2, 0) is 22.8 Å². The van der Waals surface area contributed by atoms with Gasteiger partial charge in [0.15, 0.2) is 0 Å². The monoisotopic (exact) mass is 372 g/mol. The summed E-state index contributed by atoms with van der Waals surface area (Å²) in [6, 6.07) is 8.58. The molecule has 132 valence electrons. The predicted molar refractivity (Wildman–Crippen MR) is 94.0 cm³/mol. The van der Waals surface area contributed by atoms with Crippen LogP contribution in [0.5, 0.6) is 0 Å². The van der Waals surface area contributed by atoms with Crippen molar-refractivity contribution >= 4 is 23.6 Å². The molecular weight excluding hydrogens is 359 g/mol. The standard InChI is InChI=1S/C17H13FN4O3S/c18-11-3-1-10(2-4-11)13-5-6-16(24)22(20-13)7-15(23)19-17-12-8-26-9-14(12)21-25-17/h1-6H,7-9H2,(H,19,23). The van der Waals surface area contributed by atoms with E-state index < -0.39 is 11.5 Å². The van der Waals surface area contributed by atoms with Crippen LogP contribution < -0.4 is 10.9 Å². The molecule has 1 aromatic carbocycles. The second-order valence-corrected chi connectivity index (χ2v) is 6.68. The lowest BCUT2D eigenvalue weighted by Gasteiger charge is -2.07. The van der Waals surface area contributed by atoms with E-state index in [1.165, 1.54) is 24.3 Å². The number of hydrogen-bond donors (Lipinski definition) is 1. The molecule has 1 amide bonds.